The van der Waals surface area contributed by atoms with Gasteiger partial charge >= 0.3 is 6.09 Å². The minimum Gasteiger partial charge on any atom is -0.443 e. The van der Waals surface area contributed by atoms with Gasteiger partial charge in [0.1, 0.15) is 11.9 Å². The first-order chi connectivity index (χ1) is 9.41. The van der Waals surface area contributed by atoms with Crippen LogP contribution in [0.15, 0.2) is 24.3 Å². The van der Waals surface area contributed by atoms with Crippen LogP contribution in [0.4, 0.5) is 14.9 Å². The molecule has 1 aliphatic heterocycles. The lowest BCUT2D eigenvalue weighted by atomic mass is 10.2. The first kappa shape index (κ1) is 14.7. The van der Waals surface area contributed by atoms with Crippen molar-refractivity contribution in [2.75, 3.05) is 23.7 Å². The molecule has 1 unspecified atom stereocenters. The summed E-state index contributed by atoms with van der Waals surface area (Å²) in [5.74, 6) is -0.494. The van der Waals surface area contributed by atoms with E-state index in [1.54, 1.807) is 6.07 Å². The van der Waals surface area contributed by atoms with Crippen LogP contribution in [0.25, 0.3) is 0 Å². The fraction of sp³-hybridized carbons (Fsp3) is 0.417. The van der Waals surface area contributed by atoms with Gasteiger partial charge in [-0.25, -0.2) is 22.3 Å². The van der Waals surface area contributed by atoms with Crippen LogP contribution in [-0.2, 0) is 14.8 Å². The van der Waals surface area contributed by atoms with E-state index in [2.05, 4.69) is 4.72 Å². The van der Waals surface area contributed by atoms with E-state index in [0.717, 1.165) is 0 Å². The summed E-state index contributed by atoms with van der Waals surface area (Å²) in [6.07, 6.45) is -1.21. The second-order valence-electron chi connectivity index (χ2n) is 4.35. The second-order valence-corrected chi connectivity index (χ2v) is 6.44. The lowest BCUT2D eigenvalue weighted by molar-refractivity contribution is 0.143. The number of hydrogen-bond donors (Lipinski definition) is 1. The van der Waals surface area contributed by atoms with Gasteiger partial charge < -0.3 is 4.74 Å². The highest BCUT2D eigenvalue weighted by Gasteiger charge is 2.32. The van der Waals surface area contributed by atoms with Crippen molar-refractivity contribution < 1.29 is 22.3 Å². The van der Waals surface area contributed by atoms with E-state index in [4.69, 9.17) is 4.74 Å². The molecule has 1 aliphatic rings. The van der Waals surface area contributed by atoms with Gasteiger partial charge in [0.25, 0.3) is 0 Å². The van der Waals surface area contributed by atoms with Crippen molar-refractivity contribution in [3.05, 3.63) is 30.1 Å². The van der Waals surface area contributed by atoms with Crippen LogP contribution in [0.5, 0.6) is 0 Å². The Morgan fingerprint density at radius 1 is 1.50 bits per heavy atom. The van der Waals surface area contributed by atoms with Gasteiger partial charge in [-0.2, -0.15) is 0 Å². The van der Waals surface area contributed by atoms with Gasteiger partial charge in [0.05, 0.1) is 18.0 Å². The number of carbonyl (C=O) groups is 1. The Morgan fingerprint density at radius 2 is 2.25 bits per heavy atom. The Morgan fingerprint density at radius 3 is 2.90 bits per heavy atom. The van der Waals surface area contributed by atoms with Gasteiger partial charge in [0, 0.05) is 6.54 Å². The van der Waals surface area contributed by atoms with Crippen molar-refractivity contribution in [1.29, 1.82) is 0 Å². The second kappa shape index (κ2) is 5.76. The third-order valence-electron chi connectivity index (χ3n) is 2.90. The molecule has 20 heavy (non-hydrogen) atoms. The lowest BCUT2D eigenvalue weighted by Crippen LogP contribution is -2.35. The zero-order valence-electron chi connectivity index (χ0n) is 10.9. The summed E-state index contributed by atoms with van der Waals surface area (Å²) in [7, 11) is -3.33. The molecule has 1 aromatic carbocycles. The van der Waals surface area contributed by atoms with E-state index >= 15 is 0 Å². The normalized spacial score (nSPS) is 19.2. The van der Waals surface area contributed by atoms with Crippen molar-refractivity contribution in [3.63, 3.8) is 0 Å². The van der Waals surface area contributed by atoms with E-state index in [9.17, 15) is 17.6 Å². The Balaban J connectivity index is 2.01. The first-order valence-electron chi connectivity index (χ1n) is 6.12. The minimum absolute atomic E-state index is 0.00767. The maximum Gasteiger partial charge on any atom is 0.414 e. The van der Waals surface area contributed by atoms with E-state index in [-0.39, 0.29) is 18.8 Å². The van der Waals surface area contributed by atoms with Gasteiger partial charge in [0.15, 0.2) is 0 Å². The number of sulfonamides is 1. The average Bonchev–Trinajstić information content (AvgIpc) is 2.78. The maximum absolute atomic E-state index is 13.1. The predicted molar refractivity (Wildman–Crippen MR) is 71.5 cm³/mol. The van der Waals surface area contributed by atoms with Crippen molar-refractivity contribution >= 4 is 21.8 Å². The number of hydrogen-bond acceptors (Lipinski definition) is 4. The molecule has 0 spiro atoms. The minimum atomic E-state index is -3.33. The van der Waals surface area contributed by atoms with Crippen LogP contribution in [0.2, 0.25) is 0 Å². The number of anilines is 1. The summed E-state index contributed by atoms with van der Waals surface area (Å²) in [6, 6.07) is 5.58. The predicted octanol–water partition coefficient (Wildman–Crippen LogP) is 1.09. The molecule has 1 heterocycles. The first-order valence-corrected chi connectivity index (χ1v) is 7.77. The molecule has 1 N–H and O–H groups in total. The number of cyclic esters (lactones) is 1. The summed E-state index contributed by atoms with van der Waals surface area (Å²) >= 11 is 0. The Hall–Kier alpha value is -1.67. The maximum atomic E-state index is 13.1. The Kier molecular flexibility index (Phi) is 4.24. The molecular formula is C12H15FN2O4S. The lowest BCUT2D eigenvalue weighted by Gasteiger charge is -2.13. The van der Waals surface area contributed by atoms with Gasteiger partial charge in [-0.05, 0) is 25.1 Å². The van der Waals surface area contributed by atoms with Crippen LogP contribution in [0, 0.1) is 5.82 Å². The van der Waals surface area contributed by atoms with Gasteiger partial charge in [-0.3, -0.25) is 4.90 Å². The van der Waals surface area contributed by atoms with Crippen molar-refractivity contribution in [2.45, 2.75) is 13.0 Å². The molecule has 0 saturated carbocycles. The van der Waals surface area contributed by atoms with Crippen LogP contribution >= 0.6 is 0 Å². The molecule has 0 aromatic heterocycles. The van der Waals surface area contributed by atoms with Crippen LogP contribution in [-0.4, -0.2) is 39.5 Å². The standard InChI is InChI=1S/C12H15FN2O4S/c1-2-20(17,18)14-7-11-8-15(12(16)19-11)10-5-3-4-9(13)6-10/h3-6,11,14H,2,7-8H2,1H3. The fourth-order valence-electron chi connectivity index (χ4n) is 1.80. The number of nitrogens with zero attached hydrogens (tertiary/aromatic N) is 1. The molecule has 0 bridgehead atoms. The zero-order chi connectivity index (χ0) is 14.8. The molecule has 6 nitrogen and oxygen atoms in total. The number of rotatable bonds is 5. The highest BCUT2D eigenvalue weighted by atomic mass is 32.2. The smallest absolute Gasteiger partial charge is 0.414 e. The van der Waals surface area contributed by atoms with E-state index in [0.29, 0.717) is 5.69 Å². The molecule has 1 amide bonds. The molecule has 1 fully saturated rings. The number of nitrogens with one attached hydrogen (secondary N) is 1. The Bertz CT molecular complexity index is 605. The van der Waals surface area contributed by atoms with Crippen molar-refractivity contribution in [2.24, 2.45) is 0 Å². The monoisotopic (exact) mass is 302 g/mol. The zero-order valence-corrected chi connectivity index (χ0v) is 11.7. The fourth-order valence-corrected chi connectivity index (χ4v) is 2.45. The number of amides is 1. The average molecular weight is 302 g/mol. The molecule has 1 atom stereocenters. The van der Waals surface area contributed by atoms with E-state index in [1.807, 2.05) is 0 Å². The van der Waals surface area contributed by atoms with Gasteiger partial charge in [-0.1, -0.05) is 6.07 Å². The summed E-state index contributed by atoms with van der Waals surface area (Å²) in [6.45, 7) is 1.70. The van der Waals surface area contributed by atoms with Gasteiger partial charge in [-0.15, -0.1) is 0 Å². The highest BCUT2D eigenvalue weighted by molar-refractivity contribution is 7.89. The molecule has 1 saturated heterocycles. The Labute approximate surface area is 116 Å². The number of benzene rings is 1. The van der Waals surface area contributed by atoms with Crippen LogP contribution in [0.3, 0.4) is 0 Å². The van der Waals surface area contributed by atoms with Crippen LogP contribution < -0.4 is 9.62 Å². The molecule has 0 radical (unpaired) electrons. The van der Waals surface area contributed by atoms with E-state index < -0.39 is 28.0 Å². The summed E-state index contributed by atoms with van der Waals surface area (Å²) in [4.78, 5) is 13.0. The van der Waals surface area contributed by atoms with E-state index in [1.165, 1.54) is 30.0 Å². The molecule has 1 aromatic rings. The number of ether oxygens (including phenoxy) is 1. The summed E-state index contributed by atoms with van der Waals surface area (Å²) in [5.41, 5.74) is 0.385. The number of halogens is 1. The topological polar surface area (TPSA) is 75.7 Å². The molecule has 2 rings (SSSR count). The third kappa shape index (κ3) is 3.45. The van der Waals surface area contributed by atoms with Crippen molar-refractivity contribution in [3.8, 4) is 0 Å². The summed E-state index contributed by atoms with van der Waals surface area (Å²) in [5, 5.41) is 0. The number of carbonyl (C=O) groups excluding carboxylic acids is 1. The molecular weight excluding hydrogens is 287 g/mol. The largest absolute Gasteiger partial charge is 0.443 e. The quantitative estimate of drug-likeness (QED) is 0.883. The highest BCUT2D eigenvalue weighted by Crippen LogP contribution is 2.22. The van der Waals surface area contributed by atoms with Gasteiger partial charge in [0.2, 0.25) is 10.0 Å². The van der Waals surface area contributed by atoms with Crippen molar-refractivity contribution in [1.82, 2.24) is 4.72 Å². The molecule has 110 valence electrons. The molecule has 0 aliphatic carbocycles. The SMILES string of the molecule is CCS(=O)(=O)NCC1CN(c2cccc(F)c2)C(=O)O1. The van der Waals surface area contributed by atoms with Crippen LogP contribution in [0.1, 0.15) is 6.92 Å². The summed E-state index contributed by atoms with van der Waals surface area (Å²) < 4.78 is 43.2. The molecule has 8 heteroatoms. The third-order valence-corrected chi connectivity index (χ3v) is 4.27.